The normalized spacial score (nSPS) is 9.79. The summed E-state index contributed by atoms with van der Waals surface area (Å²) in [5.74, 6) is 0. The third-order valence-electron chi connectivity index (χ3n) is 2.01. The van der Waals surface area contributed by atoms with E-state index in [9.17, 15) is 4.79 Å². The number of hydrogen-bond acceptors (Lipinski definition) is 3. The average Bonchev–Trinajstić information content (AvgIpc) is 2.25. The van der Waals surface area contributed by atoms with Crippen molar-refractivity contribution in [3.63, 3.8) is 0 Å². The summed E-state index contributed by atoms with van der Waals surface area (Å²) in [6.45, 7) is 1.67. The first-order valence-electron chi connectivity index (χ1n) is 4.86. The minimum Gasteiger partial charge on any atom is -0.385 e. The molecule has 3 N–H and O–H groups in total. The van der Waals surface area contributed by atoms with Gasteiger partial charge in [-0.25, -0.2) is 0 Å². The summed E-state index contributed by atoms with van der Waals surface area (Å²) in [5.41, 5.74) is 7.13. The zero-order valence-electron chi connectivity index (χ0n) is 8.20. The van der Waals surface area contributed by atoms with Crippen LogP contribution in [0.15, 0.2) is 24.3 Å². The maximum atomic E-state index is 10.4. The molecule has 0 heterocycles. The molecule has 0 saturated heterocycles. The van der Waals surface area contributed by atoms with Gasteiger partial charge in [-0.1, -0.05) is 0 Å². The van der Waals surface area contributed by atoms with Crippen LogP contribution in [-0.4, -0.2) is 19.4 Å². The highest BCUT2D eigenvalue weighted by Crippen LogP contribution is 2.07. The Balaban J connectivity index is 2.32. The second-order valence-electron chi connectivity index (χ2n) is 3.16. The van der Waals surface area contributed by atoms with Crippen LogP contribution >= 0.6 is 0 Å². The zero-order chi connectivity index (χ0) is 10.2. The molecule has 0 radical (unpaired) electrons. The number of unbranched alkanes of at least 4 members (excludes halogenated alkanes) is 1. The summed E-state index contributed by atoms with van der Waals surface area (Å²) in [6, 6.07) is 7.43. The van der Waals surface area contributed by atoms with Gasteiger partial charge in [0.25, 0.3) is 0 Å². The first kappa shape index (κ1) is 10.7. The summed E-state index contributed by atoms with van der Waals surface area (Å²) in [4.78, 5) is 10.4. The average molecular weight is 192 g/mol. The van der Waals surface area contributed by atoms with E-state index in [0.717, 1.165) is 37.9 Å². The summed E-state index contributed by atoms with van der Waals surface area (Å²) >= 11 is 0. The largest absolute Gasteiger partial charge is 0.385 e. The van der Waals surface area contributed by atoms with Crippen molar-refractivity contribution in [3.05, 3.63) is 29.8 Å². The number of anilines is 1. The summed E-state index contributed by atoms with van der Waals surface area (Å²) in [5, 5.41) is 3.26. The third-order valence-corrected chi connectivity index (χ3v) is 2.01. The zero-order valence-corrected chi connectivity index (χ0v) is 8.20. The van der Waals surface area contributed by atoms with Gasteiger partial charge < -0.3 is 11.1 Å². The highest BCUT2D eigenvalue weighted by molar-refractivity contribution is 5.75. The van der Waals surface area contributed by atoms with E-state index in [4.69, 9.17) is 5.73 Å². The van der Waals surface area contributed by atoms with Crippen molar-refractivity contribution in [3.8, 4) is 0 Å². The van der Waals surface area contributed by atoms with Crippen LogP contribution in [0.1, 0.15) is 23.2 Å². The monoisotopic (exact) mass is 192 g/mol. The number of benzene rings is 1. The van der Waals surface area contributed by atoms with Gasteiger partial charge in [-0.3, -0.25) is 4.79 Å². The number of nitrogens with one attached hydrogen (secondary N) is 1. The Morgan fingerprint density at radius 1 is 1.21 bits per heavy atom. The quantitative estimate of drug-likeness (QED) is 0.532. The highest BCUT2D eigenvalue weighted by Gasteiger charge is 1.92. The Bertz CT molecular complexity index is 269. The SMILES string of the molecule is NCCCCNc1ccc(C=O)cc1. The maximum Gasteiger partial charge on any atom is 0.150 e. The van der Waals surface area contributed by atoms with Crippen molar-refractivity contribution in [1.82, 2.24) is 0 Å². The van der Waals surface area contributed by atoms with E-state index in [-0.39, 0.29) is 0 Å². The molecule has 0 bridgehead atoms. The number of rotatable bonds is 6. The molecule has 0 spiro atoms. The van der Waals surface area contributed by atoms with Crippen LogP contribution in [0.4, 0.5) is 5.69 Å². The lowest BCUT2D eigenvalue weighted by Gasteiger charge is -2.05. The van der Waals surface area contributed by atoms with Gasteiger partial charge in [0.05, 0.1) is 0 Å². The Hall–Kier alpha value is -1.35. The number of carbonyl (C=O) groups is 1. The van der Waals surface area contributed by atoms with Gasteiger partial charge in [0.15, 0.2) is 0 Å². The van der Waals surface area contributed by atoms with E-state index in [0.29, 0.717) is 5.56 Å². The predicted molar refractivity (Wildman–Crippen MR) is 58.6 cm³/mol. The highest BCUT2D eigenvalue weighted by atomic mass is 16.1. The smallest absolute Gasteiger partial charge is 0.150 e. The molecule has 3 heteroatoms. The molecule has 14 heavy (non-hydrogen) atoms. The molecule has 0 aromatic heterocycles. The van der Waals surface area contributed by atoms with Gasteiger partial charge >= 0.3 is 0 Å². The number of carbonyl (C=O) groups excluding carboxylic acids is 1. The van der Waals surface area contributed by atoms with Gasteiger partial charge in [0.1, 0.15) is 6.29 Å². The topological polar surface area (TPSA) is 55.1 Å². The van der Waals surface area contributed by atoms with E-state index >= 15 is 0 Å². The van der Waals surface area contributed by atoms with Gasteiger partial charge in [0.2, 0.25) is 0 Å². The Kier molecular flexibility index (Phi) is 4.72. The van der Waals surface area contributed by atoms with Crippen molar-refractivity contribution < 1.29 is 4.79 Å². The standard InChI is InChI=1S/C11H16N2O/c12-7-1-2-8-13-11-5-3-10(9-14)4-6-11/h3-6,9,13H,1-2,7-8,12H2. The van der Waals surface area contributed by atoms with E-state index in [1.54, 1.807) is 12.1 Å². The minimum absolute atomic E-state index is 0.706. The molecule has 0 unspecified atom stereocenters. The lowest BCUT2D eigenvalue weighted by Crippen LogP contribution is -2.05. The number of aldehydes is 1. The molecule has 0 aliphatic heterocycles. The van der Waals surface area contributed by atoms with Crippen LogP contribution in [-0.2, 0) is 0 Å². The molecule has 1 aromatic carbocycles. The van der Waals surface area contributed by atoms with Gasteiger partial charge in [0, 0.05) is 17.8 Å². The van der Waals surface area contributed by atoms with Gasteiger partial charge in [-0.15, -0.1) is 0 Å². The summed E-state index contributed by atoms with van der Waals surface area (Å²) < 4.78 is 0. The number of hydrogen-bond donors (Lipinski definition) is 2. The second-order valence-corrected chi connectivity index (χ2v) is 3.16. The fourth-order valence-electron chi connectivity index (χ4n) is 1.18. The molecular weight excluding hydrogens is 176 g/mol. The molecule has 3 nitrogen and oxygen atoms in total. The molecule has 76 valence electrons. The third kappa shape index (κ3) is 3.58. The fraction of sp³-hybridized carbons (Fsp3) is 0.364. The molecular formula is C11H16N2O. The first-order valence-corrected chi connectivity index (χ1v) is 4.86. The van der Waals surface area contributed by atoms with Crippen molar-refractivity contribution in [2.75, 3.05) is 18.4 Å². The lowest BCUT2D eigenvalue weighted by atomic mass is 10.2. The second kappa shape index (κ2) is 6.16. The Morgan fingerprint density at radius 2 is 1.93 bits per heavy atom. The molecule has 1 aromatic rings. The van der Waals surface area contributed by atoms with E-state index < -0.39 is 0 Å². The molecule has 0 aliphatic rings. The minimum atomic E-state index is 0.706. The van der Waals surface area contributed by atoms with Crippen LogP contribution in [0.2, 0.25) is 0 Å². The summed E-state index contributed by atoms with van der Waals surface area (Å²) in [7, 11) is 0. The van der Waals surface area contributed by atoms with Crippen LogP contribution in [0, 0.1) is 0 Å². The van der Waals surface area contributed by atoms with Gasteiger partial charge in [-0.05, 0) is 43.7 Å². The maximum absolute atomic E-state index is 10.4. The molecule has 0 fully saturated rings. The molecule has 0 aliphatic carbocycles. The van der Waals surface area contributed by atoms with Crippen LogP contribution < -0.4 is 11.1 Å². The lowest BCUT2D eigenvalue weighted by molar-refractivity contribution is 0.112. The molecule has 1 rings (SSSR count). The predicted octanol–water partition coefficient (Wildman–Crippen LogP) is 1.65. The molecule has 0 amide bonds. The summed E-state index contributed by atoms with van der Waals surface area (Å²) in [6.07, 6.45) is 2.96. The number of nitrogens with two attached hydrogens (primary N) is 1. The van der Waals surface area contributed by atoms with Crippen LogP contribution in [0.5, 0.6) is 0 Å². The molecule has 0 atom stereocenters. The van der Waals surface area contributed by atoms with E-state index in [2.05, 4.69) is 5.32 Å². The van der Waals surface area contributed by atoms with E-state index in [1.807, 2.05) is 12.1 Å². The molecule has 0 saturated carbocycles. The van der Waals surface area contributed by atoms with Crippen molar-refractivity contribution in [2.45, 2.75) is 12.8 Å². The van der Waals surface area contributed by atoms with Crippen molar-refractivity contribution >= 4 is 12.0 Å². The van der Waals surface area contributed by atoms with Crippen molar-refractivity contribution in [2.24, 2.45) is 5.73 Å². The Labute approximate surface area is 84.3 Å². The first-order chi connectivity index (χ1) is 6.86. The van der Waals surface area contributed by atoms with E-state index in [1.165, 1.54) is 0 Å². The van der Waals surface area contributed by atoms with Crippen LogP contribution in [0.3, 0.4) is 0 Å². The Morgan fingerprint density at radius 3 is 2.50 bits per heavy atom. The van der Waals surface area contributed by atoms with Crippen LogP contribution in [0.25, 0.3) is 0 Å². The van der Waals surface area contributed by atoms with Crippen molar-refractivity contribution in [1.29, 1.82) is 0 Å². The fourth-order valence-corrected chi connectivity index (χ4v) is 1.18. The van der Waals surface area contributed by atoms with Gasteiger partial charge in [-0.2, -0.15) is 0 Å².